The Bertz CT molecular complexity index is 496. The summed E-state index contributed by atoms with van der Waals surface area (Å²) < 4.78 is 12.8. The second-order valence-corrected chi connectivity index (χ2v) is 3.86. The molecule has 1 aliphatic carbocycles. The molecule has 17 heavy (non-hydrogen) atoms. The van der Waals surface area contributed by atoms with E-state index in [4.69, 9.17) is 5.73 Å². The van der Waals surface area contributed by atoms with Crippen molar-refractivity contribution in [2.24, 2.45) is 5.73 Å². The van der Waals surface area contributed by atoms with E-state index in [1.54, 1.807) is 18.2 Å². The Morgan fingerprint density at radius 2 is 1.94 bits per heavy atom. The molecule has 1 aromatic carbocycles. The van der Waals surface area contributed by atoms with E-state index in [0.717, 1.165) is 0 Å². The minimum atomic E-state index is -1.51. The lowest BCUT2D eigenvalue weighted by atomic mass is 9.81. The normalized spacial score (nSPS) is 27.1. The maximum atomic E-state index is 12.8. The van der Waals surface area contributed by atoms with Gasteiger partial charge in [-0.1, -0.05) is 18.2 Å². The lowest BCUT2D eigenvalue weighted by Crippen LogP contribution is -2.49. The number of nitrogens with zero attached hydrogens (tertiary/aromatic N) is 1. The molecular weight excluding hydrogens is 223 g/mol. The first kappa shape index (κ1) is 11.5. The van der Waals surface area contributed by atoms with E-state index in [9.17, 15) is 14.5 Å². The summed E-state index contributed by atoms with van der Waals surface area (Å²) in [6.07, 6.45) is 6.24. The van der Waals surface area contributed by atoms with Crippen LogP contribution < -0.4 is 5.73 Å². The zero-order valence-corrected chi connectivity index (χ0v) is 8.92. The van der Waals surface area contributed by atoms with E-state index < -0.39 is 22.3 Å². The highest BCUT2D eigenvalue weighted by Gasteiger charge is 2.48. The van der Waals surface area contributed by atoms with Crippen molar-refractivity contribution in [1.82, 2.24) is 0 Å². The van der Waals surface area contributed by atoms with Crippen molar-refractivity contribution in [3.63, 3.8) is 0 Å². The Kier molecular flexibility index (Phi) is 2.77. The van der Waals surface area contributed by atoms with Crippen LogP contribution in [0.4, 0.5) is 4.39 Å². The number of halogens is 1. The molecule has 88 valence electrons. The molecule has 0 spiro atoms. The molecule has 0 aromatic heterocycles. The summed E-state index contributed by atoms with van der Waals surface area (Å²) in [6.45, 7) is 0. The molecule has 2 rings (SSSR count). The van der Waals surface area contributed by atoms with Crippen LogP contribution >= 0.6 is 0 Å². The molecule has 4 nitrogen and oxygen atoms in total. The fraction of sp³-hybridized carbons (Fsp3) is 0.167. The van der Waals surface area contributed by atoms with Gasteiger partial charge in [-0.3, -0.25) is 10.1 Å². The molecule has 5 heteroatoms. The largest absolute Gasteiger partial charge is 0.318 e. The van der Waals surface area contributed by atoms with Crippen molar-refractivity contribution in [1.29, 1.82) is 0 Å². The van der Waals surface area contributed by atoms with Gasteiger partial charge in [-0.05, 0) is 30.3 Å². The lowest BCUT2D eigenvalue weighted by Gasteiger charge is -2.28. The summed E-state index contributed by atoms with van der Waals surface area (Å²) in [6, 6.07) is 4.40. The van der Waals surface area contributed by atoms with Crippen molar-refractivity contribution in [3.8, 4) is 0 Å². The van der Waals surface area contributed by atoms with E-state index in [2.05, 4.69) is 0 Å². The minimum Gasteiger partial charge on any atom is -0.318 e. The van der Waals surface area contributed by atoms with Gasteiger partial charge in [0.2, 0.25) is 0 Å². The van der Waals surface area contributed by atoms with Crippen LogP contribution in [0, 0.1) is 15.9 Å². The first-order valence-corrected chi connectivity index (χ1v) is 5.09. The third-order valence-electron chi connectivity index (χ3n) is 2.90. The Balaban J connectivity index is 2.56. The van der Waals surface area contributed by atoms with Gasteiger partial charge < -0.3 is 5.73 Å². The first-order chi connectivity index (χ1) is 8.07. The van der Waals surface area contributed by atoms with Gasteiger partial charge in [0, 0.05) is 10.5 Å². The molecule has 0 amide bonds. The highest BCUT2D eigenvalue weighted by atomic mass is 19.1. The molecule has 0 heterocycles. The zero-order valence-electron chi connectivity index (χ0n) is 8.92. The summed E-state index contributed by atoms with van der Waals surface area (Å²) in [5.74, 6) is -0.434. The fourth-order valence-electron chi connectivity index (χ4n) is 1.94. The van der Waals surface area contributed by atoms with E-state index in [0.29, 0.717) is 5.56 Å². The van der Waals surface area contributed by atoms with E-state index in [-0.39, 0.29) is 0 Å². The molecule has 1 aliphatic rings. The molecule has 0 radical (unpaired) electrons. The summed E-state index contributed by atoms with van der Waals surface area (Å²) in [5, 5.41) is 11.3. The van der Waals surface area contributed by atoms with Crippen LogP contribution in [0.5, 0.6) is 0 Å². The molecular formula is C12H11FN2O2. The van der Waals surface area contributed by atoms with Crippen LogP contribution in [0.25, 0.3) is 0 Å². The Hall–Kier alpha value is -2.01. The number of rotatable bonds is 2. The smallest absolute Gasteiger partial charge is 0.283 e. The molecule has 2 N–H and O–H groups in total. The van der Waals surface area contributed by atoms with Crippen LogP contribution in [0.2, 0.25) is 0 Å². The van der Waals surface area contributed by atoms with Crippen LogP contribution in [0.1, 0.15) is 5.56 Å². The molecule has 0 bridgehead atoms. The molecule has 0 fully saturated rings. The van der Waals surface area contributed by atoms with Gasteiger partial charge in [-0.25, -0.2) is 4.39 Å². The quantitative estimate of drug-likeness (QED) is 0.626. The maximum absolute atomic E-state index is 12.8. The molecule has 1 aromatic rings. The van der Waals surface area contributed by atoms with Gasteiger partial charge in [0.15, 0.2) is 0 Å². The van der Waals surface area contributed by atoms with Gasteiger partial charge >= 0.3 is 0 Å². The number of nitro groups is 1. The fourth-order valence-corrected chi connectivity index (χ4v) is 1.94. The van der Waals surface area contributed by atoms with Crippen LogP contribution in [-0.2, 0) is 5.54 Å². The number of benzene rings is 1. The summed E-state index contributed by atoms with van der Waals surface area (Å²) in [5.41, 5.74) is 4.67. The predicted molar refractivity (Wildman–Crippen MR) is 61.3 cm³/mol. The Labute approximate surface area is 97.4 Å². The number of nitrogens with two attached hydrogens (primary N) is 1. The Morgan fingerprint density at radius 1 is 1.29 bits per heavy atom. The van der Waals surface area contributed by atoms with E-state index in [1.807, 2.05) is 0 Å². The Morgan fingerprint density at radius 3 is 2.47 bits per heavy atom. The molecule has 2 unspecified atom stereocenters. The van der Waals surface area contributed by atoms with Crippen molar-refractivity contribution in [2.45, 2.75) is 11.6 Å². The van der Waals surface area contributed by atoms with Gasteiger partial charge in [0.1, 0.15) is 11.9 Å². The first-order valence-electron chi connectivity index (χ1n) is 5.09. The standard InChI is InChI=1S/C12H11FN2O2/c13-10-6-4-9(5-7-10)12(15(16)17)8-2-1-3-11(12)14/h1-8,11H,14H2. The average molecular weight is 234 g/mol. The van der Waals surface area contributed by atoms with Crippen LogP contribution in [0.3, 0.4) is 0 Å². The average Bonchev–Trinajstić information content (AvgIpc) is 2.31. The molecule has 0 saturated carbocycles. The van der Waals surface area contributed by atoms with Crippen molar-refractivity contribution < 1.29 is 9.31 Å². The number of hydrogen-bond acceptors (Lipinski definition) is 3. The van der Waals surface area contributed by atoms with Crippen molar-refractivity contribution in [3.05, 3.63) is 70.1 Å². The monoisotopic (exact) mass is 234 g/mol. The topological polar surface area (TPSA) is 69.2 Å². The molecule has 2 atom stereocenters. The number of allylic oxidation sites excluding steroid dienone is 2. The zero-order chi connectivity index (χ0) is 12.5. The second-order valence-electron chi connectivity index (χ2n) is 3.86. The van der Waals surface area contributed by atoms with Crippen LogP contribution in [0.15, 0.2) is 48.6 Å². The van der Waals surface area contributed by atoms with Gasteiger partial charge in [-0.2, -0.15) is 0 Å². The molecule has 0 aliphatic heterocycles. The third kappa shape index (κ3) is 1.74. The van der Waals surface area contributed by atoms with Crippen LogP contribution in [-0.4, -0.2) is 11.0 Å². The van der Waals surface area contributed by atoms with E-state index in [1.165, 1.54) is 30.3 Å². The SMILES string of the molecule is NC1C=CC=CC1(c1ccc(F)cc1)[N+](=O)[O-]. The number of hydrogen-bond donors (Lipinski definition) is 1. The predicted octanol–water partition coefficient (Wildman–Crippen LogP) is 1.75. The summed E-state index contributed by atoms with van der Waals surface area (Å²) in [7, 11) is 0. The van der Waals surface area contributed by atoms with E-state index >= 15 is 0 Å². The summed E-state index contributed by atoms with van der Waals surface area (Å²) >= 11 is 0. The second kappa shape index (κ2) is 4.10. The van der Waals surface area contributed by atoms with Gasteiger partial charge in [-0.15, -0.1) is 0 Å². The van der Waals surface area contributed by atoms with Gasteiger partial charge in [0.05, 0.1) is 0 Å². The highest BCUT2D eigenvalue weighted by molar-refractivity contribution is 5.36. The van der Waals surface area contributed by atoms with Crippen molar-refractivity contribution >= 4 is 0 Å². The highest BCUT2D eigenvalue weighted by Crippen LogP contribution is 2.32. The maximum Gasteiger partial charge on any atom is 0.283 e. The lowest BCUT2D eigenvalue weighted by molar-refractivity contribution is -0.565. The van der Waals surface area contributed by atoms with Gasteiger partial charge in [0.25, 0.3) is 5.54 Å². The summed E-state index contributed by atoms with van der Waals surface area (Å²) in [4.78, 5) is 10.9. The minimum absolute atomic E-state index is 0.372. The third-order valence-corrected chi connectivity index (χ3v) is 2.90. The van der Waals surface area contributed by atoms with Crippen molar-refractivity contribution in [2.75, 3.05) is 0 Å². The molecule has 0 saturated heterocycles.